The molecule has 0 aromatic heterocycles. The number of ether oxygens (including phenoxy) is 1. The van der Waals surface area contributed by atoms with Crippen LogP contribution in [0.5, 0.6) is 5.75 Å². The van der Waals surface area contributed by atoms with E-state index in [-0.39, 0.29) is 54.3 Å². The SMILES string of the molecule is CN(C)[C@@H]1C(=O)/C(=C2\NC3(CCCCC3)CO2)C(=O)[C@@]2(O)C(=O)C3=C(O)c4c(O)c(NC(=O)CN5CCCC5)cc(F)c4C[C@H]3C[C@@H]12. The summed E-state index contributed by atoms with van der Waals surface area (Å²) in [6.45, 7) is 1.80. The first-order valence-corrected chi connectivity index (χ1v) is 16.5. The van der Waals surface area contributed by atoms with Crippen LogP contribution in [0.2, 0.25) is 0 Å². The highest BCUT2D eigenvalue weighted by atomic mass is 19.1. The summed E-state index contributed by atoms with van der Waals surface area (Å²) in [6, 6.07) is -0.105. The highest BCUT2D eigenvalue weighted by Gasteiger charge is 2.66. The minimum Gasteiger partial charge on any atom is -0.507 e. The molecule has 5 fully saturated rings. The van der Waals surface area contributed by atoms with Crippen molar-refractivity contribution < 1.29 is 43.6 Å². The Balaban J connectivity index is 1.27. The van der Waals surface area contributed by atoms with E-state index in [0.717, 1.165) is 64.1 Å². The molecule has 13 heteroatoms. The molecule has 2 saturated heterocycles. The lowest BCUT2D eigenvalue weighted by Gasteiger charge is -2.50. The smallest absolute Gasteiger partial charge is 0.238 e. The Labute approximate surface area is 271 Å². The van der Waals surface area contributed by atoms with Crippen LogP contribution in [0.4, 0.5) is 10.1 Å². The van der Waals surface area contributed by atoms with Gasteiger partial charge in [0.05, 0.1) is 29.4 Å². The van der Waals surface area contributed by atoms with Gasteiger partial charge in [-0.1, -0.05) is 19.3 Å². The largest absolute Gasteiger partial charge is 0.507 e. The number of hydrogen-bond donors (Lipinski definition) is 5. The number of nitrogens with zero attached hydrogens (tertiary/aromatic N) is 2. The molecule has 4 aliphatic carbocycles. The number of likely N-dealkylation sites (tertiary alicyclic amines) is 1. The van der Waals surface area contributed by atoms with Crippen molar-refractivity contribution in [3.63, 3.8) is 0 Å². The van der Waals surface area contributed by atoms with E-state index in [1.807, 2.05) is 4.90 Å². The van der Waals surface area contributed by atoms with Crippen LogP contribution in [0.1, 0.15) is 62.5 Å². The van der Waals surface area contributed by atoms with Gasteiger partial charge in [-0.3, -0.25) is 29.0 Å². The number of Topliss-reactive ketones (excluding diaryl/α,β-unsaturated/α-hetero) is 3. The van der Waals surface area contributed by atoms with Gasteiger partial charge in [-0.05, 0) is 71.6 Å². The maximum absolute atomic E-state index is 15.6. The quantitative estimate of drug-likeness (QED) is 0.140. The van der Waals surface area contributed by atoms with Crippen LogP contribution < -0.4 is 10.6 Å². The normalized spacial score (nSPS) is 31.9. The third-order valence-electron chi connectivity index (χ3n) is 11.1. The Kier molecular flexibility index (Phi) is 7.72. The number of nitrogens with one attached hydrogen (secondary N) is 2. The lowest BCUT2D eigenvalue weighted by molar-refractivity contribution is -0.165. The standard InChI is InChI=1S/C34H41FN4O8/c1-38(2)26-19-13-17-12-18-20(35)14-21(36-22(40)15-39-10-6-7-11-39)27(41)24(18)28(42)23(17)30(44)34(19,46)31(45)25(29(26)43)32-37-33(16-47-32)8-4-3-5-9-33/h14,17,19,26,37,41-42,46H,3-13,15-16H2,1-2H3,(H,36,40)/b32-25-/t17-,19-,26-,34-/m0/s1. The van der Waals surface area contributed by atoms with E-state index in [4.69, 9.17) is 4.74 Å². The van der Waals surface area contributed by atoms with Gasteiger partial charge < -0.3 is 30.7 Å². The molecule has 252 valence electrons. The average Bonchev–Trinajstić information content (AvgIpc) is 3.68. The number of fused-ring (bicyclic) bond motifs is 3. The number of benzene rings is 1. The lowest BCUT2D eigenvalue weighted by Crippen LogP contribution is -2.69. The number of likely N-dealkylation sites (N-methyl/N-ethyl adjacent to an activating group) is 1. The molecule has 1 amide bonds. The molecule has 47 heavy (non-hydrogen) atoms. The second-order valence-electron chi connectivity index (χ2n) is 14.3. The molecule has 1 spiro atoms. The number of phenolic OH excluding ortho intramolecular Hbond substituents is 1. The minimum absolute atomic E-state index is 0.0447. The Morgan fingerprint density at radius 2 is 1.81 bits per heavy atom. The zero-order valence-electron chi connectivity index (χ0n) is 26.7. The molecule has 12 nitrogen and oxygen atoms in total. The highest BCUT2D eigenvalue weighted by Crippen LogP contribution is 2.53. The zero-order chi connectivity index (χ0) is 33.4. The van der Waals surface area contributed by atoms with Crippen LogP contribution in [0.15, 0.2) is 23.1 Å². The molecule has 2 heterocycles. The number of rotatable bonds is 4. The van der Waals surface area contributed by atoms with Gasteiger partial charge in [-0.2, -0.15) is 0 Å². The fourth-order valence-electron chi connectivity index (χ4n) is 8.81. The van der Waals surface area contributed by atoms with Gasteiger partial charge in [0.1, 0.15) is 23.8 Å². The molecule has 1 aromatic carbocycles. The minimum atomic E-state index is -2.73. The van der Waals surface area contributed by atoms with Crippen LogP contribution >= 0.6 is 0 Å². The van der Waals surface area contributed by atoms with Gasteiger partial charge in [-0.25, -0.2) is 4.39 Å². The van der Waals surface area contributed by atoms with Gasteiger partial charge in [0.2, 0.25) is 23.4 Å². The van der Waals surface area contributed by atoms with E-state index in [0.29, 0.717) is 0 Å². The summed E-state index contributed by atoms with van der Waals surface area (Å²) in [5.41, 5.74) is -4.60. The van der Waals surface area contributed by atoms with E-state index >= 15 is 4.39 Å². The van der Waals surface area contributed by atoms with Crippen molar-refractivity contribution in [2.75, 3.05) is 45.7 Å². The van der Waals surface area contributed by atoms with E-state index in [1.54, 1.807) is 19.0 Å². The van der Waals surface area contributed by atoms with Crippen LogP contribution in [0.25, 0.3) is 5.76 Å². The molecule has 1 aromatic rings. The summed E-state index contributed by atoms with van der Waals surface area (Å²) in [7, 11) is 3.24. The van der Waals surface area contributed by atoms with Crippen LogP contribution in [0, 0.1) is 17.7 Å². The third kappa shape index (κ3) is 4.88. The molecule has 6 aliphatic rings. The molecular weight excluding hydrogens is 611 g/mol. The molecule has 3 saturated carbocycles. The Bertz CT molecular complexity index is 1640. The molecule has 2 aliphatic heterocycles. The Morgan fingerprint density at radius 3 is 2.49 bits per heavy atom. The van der Waals surface area contributed by atoms with Crippen molar-refractivity contribution in [1.29, 1.82) is 0 Å². The molecule has 4 atom stereocenters. The first kappa shape index (κ1) is 31.8. The zero-order valence-corrected chi connectivity index (χ0v) is 26.7. The molecule has 0 radical (unpaired) electrons. The van der Waals surface area contributed by atoms with Crippen molar-refractivity contribution in [2.45, 2.75) is 75.0 Å². The molecule has 7 rings (SSSR count). The average molecular weight is 653 g/mol. The number of phenols is 1. The summed E-state index contributed by atoms with van der Waals surface area (Å²) in [5, 5.41) is 40.7. The van der Waals surface area contributed by atoms with Gasteiger partial charge in [0.25, 0.3) is 0 Å². The summed E-state index contributed by atoms with van der Waals surface area (Å²) in [4.78, 5) is 58.9. The summed E-state index contributed by atoms with van der Waals surface area (Å²) in [6.07, 6.45) is 6.26. The van der Waals surface area contributed by atoms with Crippen LogP contribution in [-0.2, 0) is 30.3 Å². The monoisotopic (exact) mass is 652 g/mol. The number of hydrogen-bond acceptors (Lipinski definition) is 11. The Morgan fingerprint density at radius 1 is 1.11 bits per heavy atom. The van der Waals surface area contributed by atoms with E-state index in [1.165, 1.54) is 0 Å². The summed E-state index contributed by atoms with van der Waals surface area (Å²) in [5.74, 6) is -7.54. The topological polar surface area (TPSA) is 169 Å². The van der Waals surface area contributed by atoms with Gasteiger partial charge in [0, 0.05) is 23.1 Å². The van der Waals surface area contributed by atoms with Crippen LogP contribution in [-0.4, -0.2) is 106 Å². The predicted molar refractivity (Wildman–Crippen MR) is 167 cm³/mol. The number of carbonyl (C=O) groups excluding carboxylic acids is 4. The predicted octanol–water partition coefficient (Wildman–Crippen LogP) is 1.94. The van der Waals surface area contributed by atoms with Crippen molar-refractivity contribution >= 4 is 34.7 Å². The summed E-state index contributed by atoms with van der Waals surface area (Å²) >= 11 is 0. The first-order valence-electron chi connectivity index (χ1n) is 16.5. The number of carbonyl (C=O) groups is 4. The van der Waals surface area contributed by atoms with Crippen molar-refractivity contribution in [3.8, 4) is 5.75 Å². The fraction of sp³-hybridized carbons (Fsp3) is 0.588. The van der Waals surface area contributed by atoms with Gasteiger partial charge >= 0.3 is 0 Å². The van der Waals surface area contributed by atoms with Crippen LogP contribution in [0.3, 0.4) is 0 Å². The molecule has 0 unspecified atom stereocenters. The fourth-order valence-corrected chi connectivity index (χ4v) is 8.81. The second kappa shape index (κ2) is 11.4. The van der Waals surface area contributed by atoms with E-state index in [9.17, 15) is 34.5 Å². The number of anilines is 1. The van der Waals surface area contributed by atoms with E-state index in [2.05, 4.69) is 10.6 Å². The van der Waals surface area contributed by atoms with Crippen molar-refractivity contribution in [2.24, 2.45) is 11.8 Å². The molecule has 0 bridgehead atoms. The first-order chi connectivity index (χ1) is 22.4. The number of amides is 1. The Hall–Kier alpha value is -3.81. The van der Waals surface area contributed by atoms with Crippen molar-refractivity contribution in [3.05, 3.63) is 40.0 Å². The molecule has 5 N–H and O–H groups in total. The highest BCUT2D eigenvalue weighted by molar-refractivity contribution is 6.35. The number of ketones is 3. The van der Waals surface area contributed by atoms with Crippen molar-refractivity contribution in [1.82, 2.24) is 15.1 Å². The maximum Gasteiger partial charge on any atom is 0.238 e. The maximum atomic E-state index is 15.6. The number of aliphatic hydroxyl groups excluding tert-OH is 1. The third-order valence-corrected chi connectivity index (χ3v) is 11.1. The van der Waals surface area contributed by atoms with Gasteiger partial charge in [0.15, 0.2) is 17.1 Å². The number of halogens is 1. The molecular formula is C34H41FN4O8. The second-order valence-corrected chi connectivity index (χ2v) is 14.3. The summed E-state index contributed by atoms with van der Waals surface area (Å²) < 4.78 is 21.5. The van der Waals surface area contributed by atoms with Gasteiger partial charge in [-0.15, -0.1) is 0 Å². The van der Waals surface area contributed by atoms with E-state index < -0.39 is 75.2 Å². The number of aromatic hydroxyl groups is 1. The lowest BCUT2D eigenvalue weighted by atomic mass is 9.56. The number of aliphatic hydroxyl groups is 2.